The third-order valence-electron chi connectivity index (χ3n) is 1.12. The van der Waals surface area contributed by atoms with Crippen molar-refractivity contribution in [3.63, 3.8) is 0 Å². The monoisotopic (exact) mass is 235 g/mol. The van der Waals surface area contributed by atoms with Gasteiger partial charge in [-0.05, 0) is 35.0 Å². The molecule has 4 heteroatoms. The zero-order valence-electron chi connectivity index (χ0n) is 6.26. The molecule has 0 aliphatic heterocycles. The van der Waals surface area contributed by atoms with Gasteiger partial charge in [-0.1, -0.05) is 0 Å². The lowest BCUT2D eigenvalue weighted by Crippen LogP contribution is -2.12. The average Bonchev–Trinajstić information content (AvgIpc) is 2.37. The number of halogens is 1. The van der Waals surface area contributed by atoms with Gasteiger partial charge in [-0.3, -0.25) is 0 Å². The maximum atomic E-state index is 4.99. The minimum Gasteiger partial charge on any atom is -0.302 e. The van der Waals surface area contributed by atoms with E-state index in [9.17, 15) is 0 Å². The van der Waals surface area contributed by atoms with E-state index in [1.54, 1.807) is 11.3 Å². The molecule has 1 aromatic heterocycles. The van der Waals surface area contributed by atoms with Crippen molar-refractivity contribution in [1.82, 2.24) is 5.48 Å². The van der Waals surface area contributed by atoms with Crippen LogP contribution in [-0.4, -0.2) is 6.61 Å². The van der Waals surface area contributed by atoms with Crippen LogP contribution in [0.25, 0.3) is 0 Å². The molecule has 1 N–H and O–H groups in total. The fourth-order valence-corrected chi connectivity index (χ4v) is 2.08. The molecule has 0 amide bonds. The minimum absolute atomic E-state index is 0.701. The van der Waals surface area contributed by atoms with Crippen molar-refractivity contribution >= 4 is 27.3 Å². The van der Waals surface area contributed by atoms with Gasteiger partial charge in [0.25, 0.3) is 0 Å². The van der Waals surface area contributed by atoms with E-state index in [0.29, 0.717) is 6.61 Å². The fraction of sp³-hybridized carbons (Fsp3) is 0.429. The Labute approximate surface area is 78.7 Å². The normalized spacial score (nSPS) is 10.4. The van der Waals surface area contributed by atoms with E-state index >= 15 is 0 Å². The van der Waals surface area contributed by atoms with Crippen LogP contribution in [0.2, 0.25) is 0 Å². The van der Waals surface area contributed by atoms with Gasteiger partial charge in [-0.25, -0.2) is 0 Å². The van der Waals surface area contributed by atoms with Gasteiger partial charge in [0.1, 0.15) is 0 Å². The van der Waals surface area contributed by atoms with Gasteiger partial charge in [0.2, 0.25) is 0 Å². The molecular weight excluding hydrogens is 226 g/mol. The molecule has 11 heavy (non-hydrogen) atoms. The van der Waals surface area contributed by atoms with E-state index in [-0.39, 0.29) is 0 Å². The first-order valence-corrected chi connectivity index (χ1v) is 5.02. The zero-order chi connectivity index (χ0) is 8.10. The van der Waals surface area contributed by atoms with Crippen LogP contribution in [-0.2, 0) is 11.4 Å². The summed E-state index contributed by atoms with van der Waals surface area (Å²) in [6.45, 7) is 3.44. The van der Waals surface area contributed by atoms with E-state index in [1.807, 2.05) is 13.0 Å². The number of rotatable bonds is 4. The lowest BCUT2D eigenvalue weighted by Gasteiger charge is -1.99. The second kappa shape index (κ2) is 4.87. The fourth-order valence-electron chi connectivity index (χ4n) is 0.671. The van der Waals surface area contributed by atoms with Gasteiger partial charge >= 0.3 is 0 Å². The Kier molecular flexibility index (Phi) is 4.07. The molecule has 0 spiro atoms. The molecule has 1 aromatic rings. The van der Waals surface area contributed by atoms with Crippen LogP contribution >= 0.6 is 27.3 Å². The number of hydrogen-bond acceptors (Lipinski definition) is 3. The first-order valence-electron chi connectivity index (χ1n) is 3.41. The lowest BCUT2D eigenvalue weighted by molar-refractivity contribution is 0.0469. The molecule has 0 saturated heterocycles. The van der Waals surface area contributed by atoms with Crippen LogP contribution in [0, 0.1) is 0 Å². The van der Waals surface area contributed by atoms with Gasteiger partial charge in [0.15, 0.2) is 0 Å². The van der Waals surface area contributed by atoms with Crippen LogP contribution in [0.1, 0.15) is 11.8 Å². The van der Waals surface area contributed by atoms with Gasteiger partial charge < -0.3 is 4.84 Å². The molecular formula is C7H10BrNOS. The summed E-state index contributed by atoms with van der Waals surface area (Å²) >= 11 is 5.10. The third kappa shape index (κ3) is 3.33. The Hall–Kier alpha value is 0.1000. The van der Waals surface area contributed by atoms with Crippen molar-refractivity contribution in [2.75, 3.05) is 6.61 Å². The highest BCUT2D eigenvalue weighted by atomic mass is 79.9. The predicted octanol–water partition coefficient (Wildman–Crippen LogP) is 2.55. The topological polar surface area (TPSA) is 21.3 Å². The van der Waals surface area contributed by atoms with Crippen molar-refractivity contribution in [2.45, 2.75) is 13.5 Å². The van der Waals surface area contributed by atoms with E-state index in [0.717, 1.165) is 10.3 Å². The minimum atomic E-state index is 0.701. The molecule has 62 valence electrons. The maximum Gasteiger partial charge on any atom is 0.0701 e. The summed E-state index contributed by atoms with van der Waals surface area (Å²) in [5.41, 5.74) is 2.85. The molecule has 1 rings (SSSR count). The number of hydroxylamine groups is 1. The Bertz CT molecular complexity index is 214. The quantitative estimate of drug-likeness (QED) is 0.640. The predicted molar refractivity (Wildman–Crippen MR) is 50.5 cm³/mol. The highest BCUT2D eigenvalue weighted by Crippen LogP contribution is 2.21. The number of thiophene rings is 1. The summed E-state index contributed by atoms with van der Waals surface area (Å²) < 4.78 is 1.16. The Morgan fingerprint density at radius 3 is 3.00 bits per heavy atom. The molecule has 0 aromatic carbocycles. The van der Waals surface area contributed by atoms with E-state index < -0.39 is 0 Å². The van der Waals surface area contributed by atoms with Gasteiger partial charge in [0.05, 0.1) is 16.9 Å². The SMILES string of the molecule is CCONCc1ccc(Br)s1. The summed E-state index contributed by atoms with van der Waals surface area (Å²) in [6.07, 6.45) is 0. The largest absolute Gasteiger partial charge is 0.302 e. The van der Waals surface area contributed by atoms with Crippen LogP contribution in [0.4, 0.5) is 0 Å². The van der Waals surface area contributed by atoms with Crippen LogP contribution in [0.3, 0.4) is 0 Å². The Balaban J connectivity index is 2.27. The third-order valence-corrected chi connectivity index (χ3v) is 2.75. The highest BCUT2D eigenvalue weighted by Gasteiger charge is 1.95. The molecule has 0 aliphatic carbocycles. The highest BCUT2D eigenvalue weighted by molar-refractivity contribution is 9.11. The second-order valence-corrected chi connectivity index (χ2v) is 4.51. The average molecular weight is 236 g/mol. The zero-order valence-corrected chi connectivity index (χ0v) is 8.67. The Morgan fingerprint density at radius 2 is 2.45 bits per heavy atom. The van der Waals surface area contributed by atoms with Crippen LogP contribution in [0.15, 0.2) is 15.9 Å². The molecule has 0 bridgehead atoms. The van der Waals surface area contributed by atoms with Gasteiger partial charge in [-0.15, -0.1) is 11.3 Å². The summed E-state index contributed by atoms with van der Waals surface area (Å²) in [6, 6.07) is 4.11. The molecule has 0 radical (unpaired) electrons. The summed E-state index contributed by atoms with van der Waals surface area (Å²) in [5.74, 6) is 0. The number of nitrogens with one attached hydrogen (secondary N) is 1. The summed E-state index contributed by atoms with van der Waals surface area (Å²) in [7, 11) is 0. The van der Waals surface area contributed by atoms with Crippen molar-refractivity contribution in [2.24, 2.45) is 0 Å². The maximum absolute atomic E-state index is 4.99. The van der Waals surface area contributed by atoms with Crippen LogP contribution in [0.5, 0.6) is 0 Å². The second-order valence-electron chi connectivity index (χ2n) is 1.96. The Morgan fingerprint density at radius 1 is 1.64 bits per heavy atom. The molecule has 0 saturated carbocycles. The first-order chi connectivity index (χ1) is 5.33. The van der Waals surface area contributed by atoms with Gasteiger partial charge in [0, 0.05) is 4.88 Å². The van der Waals surface area contributed by atoms with E-state index in [4.69, 9.17) is 4.84 Å². The first kappa shape index (κ1) is 9.19. The number of hydrogen-bond donors (Lipinski definition) is 1. The van der Waals surface area contributed by atoms with Crippen molar-refractivity contribution in [3.05, 3.63) is 20.8 Å². The van der Waals surface area contributed by atoms with Crippen molar-refractivity contribution in [1.29, 1.82) is 0 Å². The summed E-state index contributed by atoms with van der Waals surface area (Å²) in [5, 5.41) is 0. The van der Waals surface area contributed by atoms with E-state index in [2.05, 4.69) is 27.5 Å². The lowest BCUT2D eigenvalue weighted by atomic mass is 10.5. The van der Waals surface area contributed by atoms with Gasteiger partial charge in [-0.2, -0.15) is 5.48 Å². The van der Waals surface area contributed by atoms with E-state index in [1.165, 1.54) is 4.88 Å². The van der Waals surface area contributed by atoms with Crippen LogP contribution < -0.4 is 5.48 Å². The van der Waals surface area contributed by atoms with Crippen molar-refractivity contribution in [3.8, 4) is 0 Å². The summed E-state index contributed by atoms with van der Waals surface area (Å²) in [4.78, 5) is 6.26. The standard InChI is InChI=1S/C7H10BrNOS/c1-2-10-9-5-6-3-4-7(8)11-6/h3-4,9H,2,5H2,1H3. The molecule has 1 heterocycles. The van der Waals surface area contributed by atoms with Crippen molar-refractivity contribution < 1.29 is 4.84 Å². The molecule has 2 nitrogen and oxygen atoms in total. The molecule has 0 unspecified atom stereocenters. The smallest absolute Gasteiger partial charge is 0.0701 e. The molecule has 0 fully saturated rings. The molecule has 0 aliphatic rings. The molecule has 0 atom stereocenters.